The highest BCUT2D eigenvalue weighted by Gasteiger charge is 2.64. The Hall–Kier alpha value is -1.91. The number of ether oxygens (including phenoxy) is 1. The minimum absolute atomic E-state index is 0.0631. The molecule has 1 saturated heterocycles. The van der Waals surface area contributed by atoms with Gasteiger partial charge in [0.2, 0.25) is 0 Å². The van der Waals surface area contributed by atoms with Crippen molar-refractivity contribution < 1.29 is 28.2 Å². The minimum atomic E-state index is -4.07. The van der Waals surface area contributed by atoms with Gasteiger partial charge in [0.05, 0.1) is 18.8 Å². The third-order valence-corrected chi connectivity index (χ3v) is 14.0. The van der Waals surface area contributed by atoms with Gasteiger partial charge < -0.3 is 19.8 Å². The van der Waals surface area contributed by atoms with Gasteiger partial charge in [-0.3, -0.25) is 0 Å². The highest BCUT2D eigenvalue weighted by molar-refractivity contribution is 7.90. The van der Waals surface area contributed by atoms with Gasteiger partial charge in [0.15, 0.2) is 0 Å². The maximum atomic E-state index is 12.7. The van der Waals surface area contributed by atoms with E-state index in [4.69, 9.17) is 4.74 Å². The number of carbonyl (C=O) groups excluding carboxylic acids is 1. The van der Waals surface area contributed by atoms with E-state index in [9.17, 15) is 23.4 Å². The fraction of sp³-hybridized carbons (Fsp3) is 0.812. The summed E-state index contributed by atoms with van der Waals surface area (Å²) in [5, 5.41) is 22.3. The molecule has 1 aromatic rings. The second-order valence-corrected chi connectivity index (χ2v) is 16.1. The Labute approximate surface area is 250 Å². The number of rotatable bonds is 7. The molecule has 42 heavy (non-hydrogen) atoms. The molecule has 5 aliphatic rings. The van der Waals surface area contributed by atoms with Gasteiger partial charge in [-0.1, -0.05) is 27.2 Å². The molecule has 0 aromatic carbocycles. The number of nitrogens with zero attached hydrogens (tertiary/aromatic N) is 2. The Bertz CT molecular complexity index is 1260. The van der Waals surface area contributed by atoms with Gasteiger partial charge in [-0.2, -0.15) is 0 Å². The van der Waals surface area contributed by atoms with Crippen molar-refractivity contribution in [2.45, 2.75) is 102 Å². The van der Waals surface area contributed by atoms with Crippen molar-refractivity contribution in [2.75, 3.05) is 24.6 Å². The molecule has 1 amide bonds. The van der Waals surface area contributed by atoms with Crippen LogP contribution in [0.3, 0.4) is 0 Å². The molecule has 5 fully saturated rings. The van der Waals surface area contributed by atoms with Crippen LogP contribution in [0.25, 0.3) is 0 Å². The lowest BCUT2D eigenvalue weighted by Crippen LogP contribution is -2.62. The van der Waals surface area contributed by atoms with Gasteiger partial charge in [-0.15, -0.1) is 0 Å². The van der Waals surface area contributed by atoms with Crippen LogP contribution in [0.1, 0.15) is 85.0 Å². The number of anilines is 1. The lowest BCUT2D eigenvalue weighted by molar-refractivity contribution is -0.202. The van der Waals surface area contributed by atoms with Crippen LogP contribution in [0.15, 0.2) is 23.2 Å². The zero-order valence-electron chi connectivity index (χ0n) is 25.4. The first kappa shape index (κ1) is 30.1. The van der Waals surface area contributed by atoms with E-state index in [1.54, 1.807) is 6.07 Å². The smallest absolute Gasteiger partial charge is 0.421 e. The molecule has 1 aliphatic heterocycles. The number of amides is 1. The zero-order valence-corrected chi connectivity index (χ0v) is 26.2. The van der Waals surface area contributed by atoms with Crippen molar-refractivity contribution in [1.29, 1.82) is 0 Å². The molecule has 2 heterocycles. The topological polar surface area (TPSA) is 129 Å². The molecule has 0 unspecified atom stereocenters. The molecule has 6 rings (SSSR count). The summed E-state index contributed by atoms with van der Waals surface area (Å²) in [5.41, 5.74) is 0.230. The Morgan fingerprint density at radius 2 is 1.81 bits per heavy atom. The fourth-order valence-corrected chi connectivity index (χ4v) is 11.1. The van der Waals surface area contributed by atoms with Gasteiger partial charge in [0.1, 0.15) is 10.7 Å². The van der Waals surface area contributed by atoms with Crippen LogP contribution in [0.5, 0.6) is 0 Å². The number of carbonyl (C=O) groups is 1. The Morgan fingerprint density at radius 3 is 2.48 bits per heavy atom. The largest absolute Gasteiger partial charge is 0.449 e. The molecule has 0 bridgehead atoms. The molecule has 234 valence electrons. The molecule has 9 nitrogen and oxygen atoms in total. The number of hydrogen-bond donors (Lipinski definition) is 3. The maximum Gasteiger partial charge on any atom is 0.421 e. The second kappa shape index (κ2) is 11.2. The van der Waals surface area contributed by atoms with E-state index in [0.717, 1.165) is 76.7 Å². The Morgan fingerprint density at radius 1 is 1.07 bits per heavy atom. The van der Waals surface area contributed by atoms with Crippen LogP contribution in [-0.2, 0) is 14.8 Å². The number of pyridine rings is 1. The highest BCUT2D eigenvalue weighted by atomic mass is 32.2. The molecule has 0 spiro atoms. The summed E-state index contributed by atoms with van der Waals surface area (Å²) in [7, 11) is -4.07. The lowest BCUT2D eigenvalue weighted by Gasteiger charge is -2.64. The van der Waals surface area contributed by atoms with Crippen LogP contribution >= 0.6 is 0 Å². The van der Waals surface area contributed by atoms with Crippen molar-refractivity contribution in [3.63, 3.8) is 0 Å². The number of fused-ring (bicyclic) bond motifs is 5. The van der Waals surface area contributed by atoms with Crippen LogP contribution in [-0.4, -0.2) is 61.6 Å². The van der Waals surface area contributed by atoms with Crippen LogP contribution < -0.4 is 9.62 Å². The minimum Gasteiger partial charge on any atom is -0.449 e. The van der Waals surface area contributed by atoms with Crippen LogP contribution in [0, 0.1) is 46.3 Å². The van der Waals surface area contributed by atoms with Crippen molar-refractivity contribution >= 4 is 21.9 Å². The number of sulfonamides is 1. The molecule has 4 saturated carbocycles. The molecule has 4 aliphatic carbocycles. The SMILES string of the molecule is CC[C@H]1[C@@H](O)[C@@H]2[C@H](CC[C@]3(C)[C@@H](CCOC(=O)NS(=O)(=O)c4ccc(N5CCC5)nc4)CC[C@@H]23)[C@@]2(C)CC[C@@H](O)C[C@@H]12. The van der Waals surface area contributed by atoms with Crippen molar-refractivity contribution in [2.24, 2.45) is 46.3 Å². The van der Waals surface area contributed by atoms with E-state index in [1.807, 2.05) is 4.72 Å². The van der Waals surface area contributed by atoms with E-state index >= 15 is 0 Å². The number of nitrogens with one attached hydrogen (secondary N) is 1. The first-order valence-corrected chi connectivity index (χ1v) is 17.7. The first-order chi connectivity index (χ1) is 20.0. The predicted octanol–water partition coefficient (Wildman–Crippen LogP) is 4.72. The van der Waals surface area contributed by atoms with Crippen molar-refractivity contribution in [3.8, 4) is 0 Å². The molecule has 10 atom stereocenters. The molecular formula is C32H49N3O6S. The van der Waals surface area contributed by atoms with E-state index in [0.29, 0.717) is 30.1 Å². The van der Waals surface area contributed by atoms with E-state index in [1.165, 1.54) is 12.3 Å². The summed E-state index contributed by atoms with van der Waals surface area (Å²) in [4.78, 5) is 18.7. The molecule has 3 N–H and O–H groups in total. The summed E-state index contributed by atoms with van der Waals surface area (Å²) < 4.78 is 32.9. The maximum absolute atomic E-state index is 12.7. The summed E-state index contributed by atoms with van der Waals surface area (Å²) in [6, 6.07) is 3.13. The van der Waals surface area contributed by atoms with Crippen molar-refractivity contribution in [1.82, 2.24) is 9.71 Å². The Kier molecular flexibility index (Phi) is 8.05. The van der Waals surface area contributed by atoms with Gasteiger partial charge >= 0.3 is 6.09 Å². The van der Waals surface area contributed by atoms with E-state index < -0.39 is 16.1 Å². The van der Waals surface area contributed by atoms with E-state index in [2.05, 4.69) is 30.7 Å². The molecule has 10 heteroatoms. The normalized spacial score (nSPS) is 41.2. The summed E-state index contributed by atoms with van der Waals surface area (Å²) in [5.74, 6) is 2.87. The first-order valence-electron chi connectivity index (χ1n) is 16.2. The molecule has 1 aromatic heterocycles. The molecule has 0 radical (unpaired) electrons. The highest BCUT2D eigenvalue weighted by Crippen LogP contribution is 2.69. The van der Waals surface area contributed by atoms with Gasteiger partial charge in [-0.25, -0.2) is 22.9 Å². The average Bonchev–Trinajstić information content (AvgIpc) is 3.25. The predicted molar refractivity (Wildman–Crippen MR) is 159 cm³/mol. The molecular weight excluding hydrogens is 554 g/mol. The lowest BCUT2D eigenvalue weighted by atomic mass is 9.41. The third kappa shape index (κ3) is 5.03. The van der Waals surface area contributed by atoms with Crippen LogP contribution in [0.4, 0.5) is 10.6 Å². The van der Waals surface area contributed by atoms with E-state index in [-0.39, 0.29) is 46.4 Å². The number of aromatic nitrogens is 1. The van der Waals surface area contributed by atoms with Gasteiger partial charge in [0.25, 0.3) is 10.0 Å². The monoisotopic (exact) mass is 603 g/mol. The zero-order chi connectivity index (χ0) is 29.9. The number of hydrogen-bond acceptors (Lipinski definition) is 8. The number of aliphatic hydroxyl groups is 2. The van der Waals surface area contributed by atoms with Crippen molar-refractivity contribution in [3.05, 3.63) is 18.3 Å². The quantitative estimate of drug-likeness (QED) is 0.408. The average molecular weight is 604 g/mol. The summed E-state index contributed by atoms with van der Waals surface area (Å²) >= 11 is 0. The summed E-state index contributed by atoms with van der Waals surface area (Å²) in [6.07, 6.45) is 9.47. The van der Waals surface area contributed by atoms with Gasteiger partial charge in [0, 0.05) is 19.3 Å². The van der Waals surface area contributed by atoms with Gasteiger partial charge in [-0.05, 0) is 116 Å². The second-order valence-electron chi connectivity index (χ2n) is 14.4. The summed E-state index contributed by atoms with van der Waals surface area (Å²) in [6.45, 7) is 9.00. The number of aliphatic hydroxyl groups excluding tert-OH is 2. The fourth-order valence-electron chi connectivity index (χ4n) is 10.3. The van der Waals surface area contributed by atoms with Crippen LogP contribution in [0.2, 0.25) is 0 Å². The standard InChI is InChI=1S/C32H49N3O6S/c1-4-23-26-18-21(36)10-13-32(26,3)25-11-14-31(2)20(6-8-24(31)28(25)29(23)37)12-17-41-30(38)34-42(39,40)22-7-9-27(33-19-22)35-15-5-16-35/h7,9,19-21,23-26,28-29,36-37H,4-6,8,10-18H2,1-3H3,(H,34,38)/t20-,21-,23-,24+,25+,26+,28+,29-,31-,32-/m1/s1. The third-order valence-electron chi connectivity index (χ3n) is 12.7. The Balaban J connectivity index is 1.07.